The molecule has 0 amide bonds. The van der Waals surface area contributed by atoms with Crippen LogP contribution >= 0.6 is 0 Å². The molecule has 1 fully saturated rings. The molecular weight excluding hydrogens is 224 g/mol. The lowest BCUT2D eigenvalue weighted by molar-refractivity contribution is -0.111. The Morgan fingerprint density at radius 1 is 1.28 bits per heavy atom. The van der Waals surface area contributed by atoms with Crippen LogP contribution in [-0.4, -0.2) is 24.9 Å². The van der Waals surface area contributed by atoms with E-state index in [1.807, 2.05) is 0 Å². The van der Waals surface area contributed by atoms with E-state index in [-0.39, 0.29) is 17.9 Å². The number of aliphatic hydroxyl groups is 1. The molecule has 0 saturated carbocycles. The van der Waals surface area contributed by atoms with Crippen molar-refractivity contribution >= 4 is 0 Å². The fourth-order valence-electron chi connectivity index (χ4n) is 3.29. The minimum atomic E-state index is 0.0146. The Hall–Kier alpha value is -0.860. The molecule has 0 aliphatic carbocycles. The van der Waals surface area contributed by atoms with Crippen LogP contribution in [0.3, 0.4) is 0 Å². The van der Waals surface area contributed by atoms with Gasteiger partial charge < -0.3 is 9.84 Å². The summed E-state index contributed by atoms with van der Waals surface area (Å²) in [6.07, 6.45) is 0. The zero-order chi connectivity index (χ0) is 13.3. The molecule has 0 bridgehead atoms. The SMILES string of the molecule is Cc1ccc(C2(C(CO)C(C)C)COC2)c(C)c1. The maximum absolute atomic E-state index is 9.75. The van der Waals surface area contributed by atoms with Gasteiger partial charge in [0, 0.05) is 12.0 Å². The van der Waals surface area contributed by atoms with E-state index in [2.05, 4.69) is 45.9 Å². The van der Waals surface area contributed by atoms with Crippen LogP contribution in [-0.2, 0) is 10.2 Å². The van der Waals surface area contributed by atoms with Gasteiger partial charge in [-0.05, 0) is 36.8 Å². The Bertz CT molecular complexity index is 419. The van der Waals surface area contributed by atoms with Crippen molar-refractivity contribution in [1.82, 2.24) is 0 Å². The average molecular weight is 248 g/mol. The summed E-state index contributed by atoms with van der Waals surface area (Å²) in [5.41, 5.74) is 3.97. The summed E-state index contributed by atoms with van der Waals surface area (Å²) in [5, 5.41) is 9.75. The summed E-state index contributed by atoms with van der Waals surface area (Å²) in [6.45, 7) is 10.4. The zero-order valence-corrected chi connectivity index (χ0v) is 11.9. The Morgan fingerprint density at radius 3 is 2.33 bits per heavy atom. The van der Waals surface area contributed by atoms with Crippen LogP contribution in [0.25, 0.3) is 0 Å². The van der Waals surface area contributed by atoms with Gasteiger partial charge in [0.05, 0.1) is 13.2 Å². The molecule has 1 saturated heterocycles. The number of hydrogen-bond donors (Lipinski definition) is 1. The first-order valence-corrected chi connectivity index (χ1v) is 6.77. The van der Waals surface area contributed by atoms with Gasteiger partial charge in [-0.2, -0.15) is 0 Å². The molecule has 0 radical (unpaired) electrons. The average Bonchev–Trinajstić information content (AvgIpc) is 2.23. The highest BCUT2D eigenvalue weighted by molar-refractivity contribution is 5.39. The molecule has 0 aromatic heterocycles. The minimum Gasteiger partial charge on any atom is -0.396 e. The van der Waals surface area contributed by atoms with Gasteiger partial charge >= 0.3 is 0 Å². The van der Waals surface area contributed by atoms with E-state index in [9.17, 15) is 5.11 Å². The molecule has 18 heavy (non-hydrogen) atoms. The van der Waals surface area contributed by atoms with Gasteiger partial charge in [0.15, 0.2) is 0 Å². The van der Waals surface area contributed by atoms with Gasteiger partial charge in [-0.1, -0.05) is 37.6 Å². The number of rotatable bonds is 4. The van der Waals surface area contributed by atoms with E-state index in [1.165, 1.54) is 16.7 Å². The molecule has 0 spiro atoms. The monoisotopic (exact) mass is 248 g/mol. The first kappa shape index (κ1) is 13.6. The molecular formula is C16H24O2. The number of benzene rings is 1. The normalized spacial score (nSPS) is 19.7. The molecule has 2 nitrogen and oxygen atoms in total. The molecule has 1 aromatic rings. The predicted molar refractivity (Wildman–Crippen MR) is 73.8 cm³/mol. The van der Waals surface area contributed by atoms with Gasteiger partial charge in [0.25, 0.3) is 0 Å². The van der Waals surface area contributed by atoms with E-state index in [1.54, 1.807) is 0 Å². The second-order valence-corrected chi connectivity index (χ2v) is 6.00. The maximum atomic E-state index is 9.75. The molecule has 1 atom stereocenters. The molecule has 1 unspecified atom stereocenters. The Balaban J connectivity index is 2.43. The largest absolute Gasteiger partial charge is 0.396 e. The van der Waals surface area contributed by atoms with Gasteiger partial charge in [-0.15, -0.1) is 0 Å². The quantitative estimate of drug-likeness (QED) is 0.888. The van der Waals surface area contributed by atoms with E-state index < -0.39 is 0 Å². The highest BCUT2D eigenvalue weighted by Gasteiger charge is 2.48. The zero-order valence-electron chi connectivity index (χ0n) is 11.9. The summed E-state index contributed by atoms with van der Waals surface area (Å²) in [6, 6.07) is 6.61. The lowest BCUT2D eigenvalue weighted by Gasteiger charge is -2.49. The molecule has 1 heterocycles. The van der Waals surface area contributed by atoms with Crippen molar-refractivity contribution in [3.63, 3.8) is 0 Å². The third kappa shape index (κ3) is 2.08. The summed E-state index contributed by atoms with van der Waals surface area (Å²) >= 11 is 0. The molecule has 100 valence electrons. The van der Waals surface area contributed by atoms with Crippen LogP contribution in [0.1, 0.15) is 30.5 Å². The van der Waals surface area contributed by atoms with Crippen molar-refractivity contribution < 1.29 is 9.84 Å². The Morgan fingerprint density at radius 2 is 1.94 bits per heavy atom. The number of ether oxygens (including phenoxy) is 1. The highest BCUT2D eigenvalue weighted by atomic mass is 16.5. The third-order valence-corrected chi connectivity index (χ3v) is 4.35. The second kappa shape index (κ2) is 5.02. The van der Waals surface area contributed by atoms with Crippen molar-refractivity contribution in [3.8, 4) is 0 Å². The Labute approximate surface area is 110 Å². The van der Waals surface area contributed by atoms with Crippen LogP contribution in [0.4, 0.5) is 0 Å². The van der Waals surface area contributed by atoms with E-state index in [4.69, 9.17) is 4.74 Å². The van der Waals surface area contributed by atoms with Crippen molar-refractivity contribution in [2.45, 2.75) is 33.1 Å². The van der Waals surface area contributed by atoms with Gasteiger partial charge in [-0.25, -0.2) is 0 Å². The molecule has 1 aliphatic heterocycles. The highest BCUT2D eigenvalue weighted by Crippen LogP contribution is 2.44. The molecule has 1 N–H and O–H groups in total. The first-order chi connectivity index (χ1) is 8.51. The van der Waals surface area contributed by atoms with Gasteiger partial charge in [0.1, 0.15) is 0 Å². The number of hydrogen-bond acceptors (Lipinski definition) is 2. The van der Waals surface area contributed by atoms with Gasteiger partial charge in [-0.3, -0.25) is 0 Å². The van der Waals surface area contributed by atoms with Crippen LogP contribution in [0.5, 0.6) is 0 Å². The minimum absolute atomic E-state index is 0.0146. The number of aliphatic hydroxyl groups excluding tert-OH is 1. The molecule has 2 heteroatoms. The third-order valence-electron chi connectivity index (χ3n) is 4.35. The molecule has 1 aliphatic rings. The van der Waals surface area contributed by atoms with Crippen LogP contribution in [0, 0.1) is 25.7 Å². The van der Waals surface area contributed by atoms with Crippen LogP contribution in [0.15, 0.2) is 18.2 Å². The van der Waals surface area contributed by atoms with Crippen molar-refractivity contribution in [3.05, 3.63) is 34.9 Å². The lowest BCUT2D eigenvalue weighted by Crippen LogP contribution is -2.55. The first-order valence-electron chi connectivity index (χ1n) is 6.77. The van der Waals surface area contributed by atoms with Crippen molar-refractivity contribution in [2.24, 2.45) is 11.8 Å². The van der Waals surface area contributed by atoms with Crippen LogP contribution in [0.2, 0.25) is 0 Å². The van der Waals surface area contributed by atoms with Crippen molar-refractivity contribution in [1.29, 1.82) is 0 Å². The van der Waals surface area contributed by atoms with Gasteiger partial charge in [0.2, 0.25) is 0 Å². The number of aryl methyl sites for hydroxylation is 2. The topological polar surface area (TPSA) is 29.5 Å². The summed E-state index contributed by atoms with van der Waals surface area (Å²) in [4.78, 5) is 0. The molecule has 1 aromatic carbocycles. The molecule has 2 rings (SSSR count). The smallest absolute Gasteiger partial charge is 0.0589 e. The predicted octanol–water partition coefficient (Wildman–Crippen LogP) is 2.84. The summed E-state index contributed by atoms with van der Waals surface area (Å²) in [7, 11) is 0. The fraction of sp³-hybridized carbons (Fsp3) is 0.625. The standard InChI is InChI=1S/C16H24O2/c1-11(2)15(8-17)16(9-18-10-16)14-6-5-12(3)7-13(14)4/h5-7,11,15,17H,8-10H2,1-4H3. The Kier molecular flexibility index (Phi) is 3.79. The van der Waals surface area contributed by atoms with Crippen LogP contribution < -0.4 is 0 Å². The van der Waals surface area contributed by atoms with E-state index in [0.29, 0.717) is 5.92 Å². The summed E-state index contributed by atoms with van der Waals surface area (Å²) < 4.78 is 5.50. The van der Waals surface area contributed by atoms with E-state index >= 15 is 0 Å². The lowest BCUT2D eigenvalue weighted by atomic mass is 9.64. The maximum Gasteiger partial charge on any atom is 0.0589 e. The van der Waals surface area contributed by atoms with E-state index in [0.717, 1.165) is 13.2 Å². The van der Waals surface area contributed by atoms with Crippen molar-refractivity contribution in [2.75, 3.05) is 19.8 Å². The fourth-order valence-corrected chi connectivity index (χ4v) is 3.29. The second-order valence-electron chi connectivity index (χ2n) is 6.00. The summed E-state index contributed by atoms with van der Waals surface area (Å²) in [5.74, 6) is 0.729.